The molecule has 0 saturated carbocycles. The second-order valence-corrected chi connectivity index (χ2v) is 5.40. The minimum absolute atomic E-state index is 0.297. The normalized spacial score (nSPS) is 17.5. The molecule has 0 unspecified atom stereocenters. The first-order valence-electron chi connectivity index (χ1n) is 5.59. The third-order valence-corrected chi connectivity index (χ3v) is 2.99. The minimum atomic E-state index is -0.297. The average Bonchev–Trinajstić information content (AvgIpc) is 2.32. The van der Waals surface area contributed by atoms with E-state index in [-0.39, 0.29) is 5.60 Å². The molecule has 1 heterocycles. The van der Waals surface area contributed by atoms with E-state index < -0.39 is 0 Å². The lowest BCUT2D eigenvalue weighted by atomic mass is 10.1. The average molecular weight is 251 g/mol. The molecular formula is C13H17NO2S. The minimum Gasteiger partial charge on any atom is -0.497 e. The molecule has 2 rings (SSSR count). The molecule has 0 amide bonds. The van der Waals surface area contributed by atoms with Crippen molar-refractivity contribution < 1.29 is 9.47 Å². The van der Waals surface area contributed by atoms with Crippen molar-refractivity contribution in [2.24, 2.45) is 0 Å². The number of fused-ring (bicyclic) bond motifs is 1. The quantitative estimate of drug-likeness (QED) is 0.776. The van der Waals surface area contributed by atoms with Crippen LogP contribution >= 0.6 is 12.2 Å². The van der Waals surface area contributed by atoms with Gasteiger partial charge in [-0.05, 0) is 32.4 Å². The van der Waals surface area contributed by atoms with Crippen LogP contribution < -0.4 is 14.8 Å². The van der Waals surface area contributed by atoms with Crippen LogP contribution in [0.1, 0.15) is 25.8 Å². The monoisotopic (exact) mass is 251 g/mol. The first-order valence-corrected chi connectivity index (χ1v) is 5.99. The van der Waals surface area contributed by atoms with Crippen molar-refractivity contribution in [3.05, 3.63) is 17.7 Å². The Balaban J connectivity index is 2.52. The van der Waals surface area contributed by atoms with Crippen LogP contribution in [0.25, 0.3) is 0 Å². The standard InChI is InChI=1S/C13H17NO2S/c1-8-5-9(15-4)6-10-12(8)14-11(17)7-13(2,3)16-10/h5-6H,7H2,1-4H3,(H,14,17). The Bertz CT molecular complexity index is 469. The molecule has 1 aromatic rings. The van der Waals surface area contributed by atoms with Gasteiger partial charge in [0.2, 0.25) is 0 Å². The van der Waals surface area contributed by atoms with Crippen LogP contribution in [0.2, 0.25) is 0 Å². The van der Waals surface area contributed by atoms with Gasteiger partial charge in [-0.15, -0.1) is 0 Å². The molecule has 1 aliphatic rings. The number of thiocarbonyl (C=S) groups is 1. The Morgan fingerprint density at radius 1 is 1.41 bits per heavy atom. The molecule has 0 atom stereocenters. The van der Waals surface area contributed by atoms with Crippen molar-refractivity contribution in [1.29, 1.82) is 0 Å². The van der Waals surface area contributed by atoms with Crippen molar-refractivity contribution in [1.82, 2.24) is 0 Å². The highest BCUT2D eigenvalue weighted by Crippen LogP contribution is 2.38. The zero-order valence-corrected chi connectivity index (χ0v) is 11.4. The van der Waals surface area contributed by atoms with Crippen LogP contribution in [-0.4, -0.2) is 17.7 Å². The maximum absolute atomic E-state index is 6.01. The van der Waals surface area contributed by atoms with Gasteiger partial charge in [0, 0.05) is 12.5 Å². The first-order chi connectivity index (χ1) is 7.91. The summed E-state index contributed by atoms with van der Waals surface area (Å²) in [5, 5.41) is 3.25. The Kier molecular flexibility index (Phi) is 3.00. The maximum Gasteiger partial charge on any atom is 0.147 e. The molecule has 17 heavy (non-hydrogen) atoms. The summed E-state index contributed by atoms with van der Waals surface area (Å²) in [6, 6.07) is 3.86. The smallest absolute Gasteiger partial charge is 0.147 e. The van der Waals surface area contributed by atoms with Gasteiger partial charge in [-0.1, -0.05) is 12.2 Å². The van der Waals surface area contributed by atoms with E-state index in [0.717, 1.165) is 27.7 Å². The number of nitrogens with one attached hydrogen (secondary N) is 1. The molecule has 0 spiro atoms. The van der Waals surface area contributed by atoms with E-state index >= 15 is 0 Å². The van der Waals surface area contributed by atoms with Gasteiger partial charge in [0.05, 0.1) is 17.8 Å². The zero-order chi connectivity index (χ0) is 12.6. The Morgan fingerprint density at radius 2 is 2.12 bits per heavy atom. The van der Waals surface area contributed by atoms with Crippen molar-refractivity contribution >= 4 is 22.9 Å². The van der Waals surface area contributed by atoms with Gasteiger partial charge in [-0.2, -0.15) is 0 Å². The van der Waals surface area contributed by atoms with E-state index in [1.807, 2.05) is 32.9 Å². The predicted molar refractivity (Wildman–Crippen MR) is 73.3 cm³/mol. The lowest BCUT2D eigenvalue weighted by Crippen LogP contribution is -2.30. The molecule has 0 aromatic heterocycles. The summed E-state index contributed by atoms with van der Waals surface area (Å²) in [4.78, 5) is 0.807. The highest BCUT2D eigenvalue weighted by atomic mass is 32.1. The van der Waals surface area contributed by atoms with Crippen molar-refractivity contribution in [3.8, 4) is 11.5 Å². The summed E-state index contributed by atoms with van der Waals surface area (Å²) in [7, 11) is 1.65. The first kappa shape index (κ1) is 12.2. The molecule has 0 fully saturated rings. The van der Waals surface area contributed by atoms with Gasteiger partial charge in [0.1, 0.15) is 17.1 Å². The van der Waals surface area contributed by atoms with Crippen LogP contribution in [0.3, 0.4) is 0 Å². The molecule has 1 aliphatic heterocycles. The van der Waals surface area contributed by atoms with Gasteiger partial charge >= 0.3 is 0 Å². The predicted octanol–water partition coefficient (Wildman–Crippen LogP) is 3.30. The van der Waals surface area contributed by atoms with E-state index in [9.17, 15) is 0 Å². The summed E-state index contributed by atoms with van der Waals surface area (Å²) in [6.07, 6.45) is 0.707. The summed E-state index contributed by atoms with van der Waals surface area (Å²) >= 11 is 5.32. The van der Waals surface area contributed by atoms with Gasteiger partial charge in [0.15, 0.2) is 0 Å². The number of methoxy groups -OCH3 is 1. The van der Waals surface area contributed by atoms with Crippen LogP contribution in [0.4, 0.5) is 5.69 Å². The molecular weight excluding hydrogens is 234 g/mol. The molecule has 1 aromatic carbocycles. The lowest BCUT2D eigenvalue weighted by Gasteiger charge is -2.24. The molecule has 0 saturated heterocycles. The van der Waals surface area contributed by atoms with E-state index in [1.54, 1.807) is 7.11 Å². The Morgan fingerprint density at radius 3 is 2.76 bits per heavy atom. The van der Waals surface area contributed by atoms with Crippen LogP contribution in [-0.2, 0) is 0 Å². The highest BCUT2D eigenvalue weighted by Gasteiger charge is 2.28. The van der Waals surface area contributed by atoms with E-state index in [1.165, 1.54) is 0 Å². The number of hydrogen-bond donors (Lipinski definition) is 1. The second-order valence-electron chi connectivity index (χ2n) is 4.90. The van der Waals surface area contributed by atoms with E-state index in [2.05, 4.69) is 5.32 Å². The van der Waals surface area contributed by atoms with Crippen molar-refractivity contribution in [2.75, 3.05) is 12.4 Å². The number of ether oxygens (including phenoxy) is 2. The molecule has 1 N–H and O–H groups in total. The number of anilines is 1. The number of hydrogen-bond acceptors (Lipinski definition) is 3. The zero-order valence-electron chi connectivity index (χ0n) is 10.6. The molecule has 3 nitrogen and oxygen atoms in total. The second kappa shape index (κ2) is 4.18. The summed E-state index contributed by atoms with van der Waals surface area (Å²) in [5.74, 6) is 1.60. The fourth-order valence-electron chi connectivity index (χ4n) is 1.99. The Labute approximate surface area is 107 Å². The number of aryl methyl sites for hydroxylation is 1. The summed E-state index contributed by atoms with van der Waals surface area (Å²) in [5.41, 5.74) is 1.72. The van der Waals surface area contributed by atoms with Crippen molar-refractivity contribution in [3.63, 3.8) is 0 Å². The fraction of sp³-hybridized carbons (Fsp3) is 0.462. The molecule has 92 valence electrons. The largest absolute Gasteiger partial charge is 0.497 e. The third-order valence-electron chi connectivity index (χ3n) is 2.75. The summed E-state index contributed by atoms with van der Waals surface area (Å²) in [6.45, 7) is 6.08. The molecule has 4 heteroatoms. The summed E-state index contributed by atoms with van der Waals surface area (Å²) < 4.78 is 11.3. The number of rotatable bonds is 1. The maximum atomic E-state index is 6.01. The number of benzene rings is 1. The molecule has 0 radical (unpaired) electrons. The fourth-order valence-corrected chi connectivity index (χ4v) is 2.44. The van der Waals surface area contributed by atoms with Gasteiger partial charge in [-0.3, -0.25) is 0 Å². The third kappa shape index (κ3) is 2.52. The highest BCUT2D eigenvalue weighted by molar-refractivity contribution is 7.80. The molecule has 0 bridgehead atoms. The van der Waals surface area contributed by atoms with E-state index in [0.29, 0.717) is 6.42 Å². The van der Waals surface area contributed by atoms with Gasteiger partial charge in [-0.25, -0.2) is 0 Å². The SMILES string of the molecule is COc1cc(C)c2c(c1)OC(C)(C)CC(=S)N2. The Hall–Kier alpha value is -1.29. The lowest BCUT2D eigenvalue weighted by molar-refractivity contribution is 0.121. The van der Waals surface area contributed by atoms with Gasteiger partial charge in [0.25, 0.3) is 0 Å². The van der Waals surface area contributed by atoms with Gasteiger partial charge < -0.3 is 14.8 Å². The van der Waals surface area contributed by atoms with Crippen molar-refractivity contribution in [2.45, 2.75) is 32.8 Å². The van der Waals surface area contributed by atoms with Crippen LogP contribution in [0.5, 0.6) is 11.5 Å². The topological polar surface area (TPSA) is 30.5 Å². The van der Waals surface area contributed by atoms with Crippen LogP contribution in [0.15, 0.2) is 12.1 Å². The van der Waals surface area contributed by atoms with Crippen LogP contribution in [0, 0.1) is 6.92 Å². The molecule has 0 aliphatic carbocycles. The van der Waals surface area contributed by atoms with E-state index in [4.69, 9.17) is 21.7 Å².